The van der Waals surface area contributed by atoms with Crippen molar-refractivity contribution in [2.24, 2.45) is 5.41 Å². The number of aliphatic carboxylic acids is 1. The zero-order valence-corrected chi connectivity index (χ0v) is 12.1. The van der Waals surface area contributed by atoms with Crippen molar-refractivity contribution >= 4 is 11.9 Å². The molecule has 1 aromatic rings. The lowest BCUT2D eigenvalue weighted by Crippen LogP contribution is -2.50. The molecule has 1 amide bonds. The van der Waals surface area contributed by atoms with E-state index >= 15 is 0 Å². The van der Waals surface area contributed by atoms with E-state index in [0.717, 1.165) is 30.5 Å². The SMILES string of the molecule is CC1(C(=O)N2CCc3ccccc3C2C(=O)O)CCNC1. The van der Waals surface area contributed by atoms with Gasteiger partial charge in [0.25, 0.3) is 0 Å². The molecule has 1 saturated heterocycles. The first-order valence-corrected chi connectivity index (χ1v) is 7.35. The fraction of sp³-hybridized carbons (Fsp3) is 0.500. The second kappa shape index (κ2) is 5.15. The Morgan fingerprint density at radius 3 is 2.81 bits per heavy atom. The molecule has 5 nitrogen and oxygen atoms in total. The molecule has 2 N–H and O–H groups in total. The Bertz CT molecular complexity index is 579. The van der Waals surface area contributed by atoms with Crippen LogP contribution in [0.4, 0.5) is 0 Å². The summed E-state index contributed by atoms with van der Waals surface area (Å²) in [5.74, 6) is -1.00. The van der Waals surface area contributed by atoms with Crippen molar-refractivity contribution in [1.82, 2.24) is 10.2 Å². The Labute approximate surface area is 123 Å². The standard InChI is InChI=1S/C16H20N2O3/c1-16(7-8-17-10-16)15(21)18-9-6-11-4-2-3-5-12(11)13(18)14(19)20/h2-5,13,17H,6-10H2,1H3,(H,19,20). The van der Waals surface area contributed by atoms with Crippen molar-refractivity contribution in [2.75, 3.05) is 19.6 Å². The second-order valence-electron chi connectivity index (χ2n) is 6.18. The van der Waals surface area contributed by atoms with E-state index in [2.05, 4.69) is 5.32 Å². The number of carboxylic acids is 1. The van der Waals surface area contributed by atoms with E-state index in [9.17, 15) is 14.7 Å². The number of rotatable bonds is 2. The lowest BCUT2D eigenvalue weighted by molar-refractivity contribution is -0.155. The van der Waals surface area contributed by atoms with Crippen LogP contribution < -0.4 is 5.32 Å². The monoisotopic (exact) mass is 288 g/mol. The normalized spacial score (nSPS) is 28.2. The van der Waals surface area contributed by atoms with Gasteiger partial charge in [-0.05, 0) is 37.4 Å². The smallest absolute Gasteiger partial charge is 0.331 e. The molecule has 21 heavy (non-hydrogen) atoms. The number of benzene rings is 1. The van der Waals surface area contributed by atoms with Gasteiger partial charge in [-0.3, -0.25) is 4.79 Å². The summed E-state index contributed by atoms with van der Waals surface area (Å²) >= 11 is 0. The molecule has 0 spiro atoms. The highest BCUT2D eigenvalue weighted by molar-refractivity contribution is 5.89. The van der Waals surface area contributed by atoms with Crippen LogP contribution in [0.3, 0.4) is 0 Å². The van der Waals surface area contributed by atoms with Crippen molar-refractivity contribution in [3.05, 3.63) is 35.4 Å². The number of nitrogens with one attached hydrogen (secondary N) is 1. The summed E-state index contributed by atoms with van der Waals surface area (Å²) in [6.45, 7) is 3.83. The van der Waals surface area contributed by atoms with Gasteiger partial charge in [0.2, 0.25) is 5.91 Å². The van der Waals surface area contributed by atoms with Crippen LogP contribution in [-0.2, 0) is 16.0 Å². The number of fused-ring (bicyclic) bond motifs is 1. The molecule has 112 valence electrons. The average molecular weight is 288 g/mol. The highest BCUT2D eigenvalue weighted by Crippen LogP contribution is 2.35. The first-order valence-electron chi connectivity index (χ1n) is 7.35. The summed E-state index contributed by atoms with van der Waals surface area (Å²) in [4.78, 5) is 26.2. The van der Waals surface area contributed by atoms with Crippen molar-refractivity contribution in [1.29, 1.82) is 0 Å². The van der Waals surface area contributed by atoms with Crippen LogP contribution in [0.2, 0.25) is 0 Å². The van der Waals surface area contributed by atoms with Crippen molar-refractivity contribution in [2.45, 2.75) is 25.8 Å². The number of amides is 1. The third-order valence-corrected chi connectivity index (χ3v) is 4.66. The van der Waals surface area contributed by atoms with E-state index in [0.29, 0.717) is 13.1 Å². The van der Waals surface area contributed by atoms with E-state index in [-0.39, 0.29) is 5.91 Å². The molecule has 0 bridgehead atoms. The largest absolute Gasteiger partial charge is 0.479 e. The summed E-state index contributed by atoms with van der Waals surface area (Å²) in [6.07, 6.45) is 1.48. The Kier molecular flexibility index (Phi) is 3.45. The minimum absolute atomic E-state index is 0.0468. The molecule has 0 radical (unpaired) electrons. The van der Waals surface area contributed by atoms with E-state index in [1.165, 1.54) is 0 Å². The molecule has 2 aliphatic rings. The van der Waals surface area contributed by atoms with Crippen LogP contribution >= 0.6 is 0 Å². The lowest BCUT2D eigenvalue weighted by Gasteiger charge is -2.39. The number of carbonyl (C=O) groups excluding carboxylic acids is 1. The Hall–Kier alpha value is -1.88. The van der Waals surface area contributed by atoms with Gasteiger partial charge in [-0.2, -0.15) is 0 Å². The number of carboxylic acid groups (broad SMARTS) is 1. The zero-order valence-electron chi connectivity index (χ0n) is 12.1. The molecule has 2 unspecified atom stereocenters. The van der Waals surface area contributed by atoms with E-state index in [1.54, 1.807) is 4.90 Å². The quantitative estimate of drug-likeness (QED) is 0.858. The fourth-order valence-electron chi connectivity index (χ4n) is 3.40. The van der Waals surface area contributed by atoms with Gasteiger partial charge >= 0.3 is 5.97 Å². The van der Waals surface area contributed by atoms with Crippen molar-refractivity contribution in [3.8, 4) is 0 Å². The third kappa shape index (κ3) is 2.31. The van der Waals surface area contributed by atoms with Crippen LogP contribution in [-0.4, -0.2) is 41.5 Å². The minimum atomic E-state index is -0.954. The van der Waals surface area contributed by atoms with E-state index < -0.39 is 17.4 Å². The first-order chi connectivity index (χ1) is 10.0. The van der Waals surface area contributed by atoms with E-state index in [4.69, 9.17) is 0 Å². The fourth-order valence-corrected chi connectivity index (χ4v) is 3.40. The molecule has 3 rings (SSSR count). The first kappa shape index (κ1) is 14.1. The summed E-state index contributed by atoms with van der Waals surface area (Å²) in [6, 6.07) is 6.66. The number of carbonyl (C=O) groups is 2. The summed E-state index contributed by atoms with van der Waals surface area (Å²) in [7, 11) is 0. The predicted molar refractivity (Wildman–Crippen MR) is 77.8 cm³/mol. The summed E-state index contributed by atoms with van der Waals surface area (Å²) in [5.41, 5.74) is 1.29. The van der Waals surface area contributed by atoms with Gasteiger partial charge < -0.3 is 15.3 Å². The molecule has 5 heteroatoms. The summed E-state index contributed by atoms with van der Waals surface area (Å²) < 4.78 is 0. The molecule has 0 saturated carbocycles. The van der Waals surface area contributed by atoms with Gasteiger partial charge in [0.15, 0.2) is 6.04 Å². The molecule has 2 heterocycles. The highest BCUT2D eigenvalue weighted by Gasteiger charge is 2.44. The lowest BCUT2D eigenvalue weighted by atomic mass is 9.85. The molecule has 2 aliphatic heterocycles. The Balaban J connectivity index is 1.96. The summed E-state index contributed by atoms with van der Waals surface area (Å²) in [5, 5.41) is 12.8. The predicted octanol–water partition coefficient (Wildman–Crippen LogP) is 1.20. The maximum Gasteiger partial charge on any atom is 0.331 e. The van der Waals surface area contributed by atoms with Crippen LogP contribution in [0.25, 0.3) is 0 Å². The second-order valence-corrected chi connectivity index (χ2v) is 6.18. The molecular weight excluding hydrogens is 268 g/mol. The Morgan fingerprint density at radius 2 is 2.14 bits per heavy atom. The molecular formula is C16H20N2O3. The molecule has 2 atom stereocenters. The van der Waals surface area contributed by atoms with Gasteiger partial charge in [0.1, 0.15) is 0 Å². The van der Waals surface area contributed by atoms with Gasteiger partial charge in [-0.1, -0.05) is 24.3 Å². The van der Waals surface area contributed by atoms with Crippen LogP contribution in [0.15, 0.2) is 24.3 Å². The number of nitrogens with zero attached hydrogens (tertiary/aromatic N) is 1. The minimum Gasteiger partial charge on any atom is -0.479 e. The topological polar surface area (TPSA) is 69.6 Å². The molecule has 0 aromatic heterocycles. The number of hydrogen-bond donors (Lipinski definition) is 2. The van der Waals surface area contributed by atoms with Crippen molar-refractivity contribution < 1.29 is 14.7 Å². The maximum atomic E-state index is 12.9. The van der Waals surface area contributed by atoms with Gasteiger partial charge in [0.05, 0.1) is 5.41 Å². The average Bonchev–Trinajstić information content (AvgIpc) is 2.93. The van der Waals surface area contributed by atoms with Gasteiger partial charge in [0, 0.05) is 13.1 Å². The van der Waals surface area contributed by atoms with Crippen LogP contribution in [0.1, 0.15) is 30.5 Å². The zero-order chi connectivity index (χ0) is 15.0. The Morgan fingerprint density at radius 1 is 1.38 bits per heavy atom. The molecule has 0 aliphatic carbocycles. The van der Waals surface area contributed by atoms with Crippen LogP contribution in [0, 0.1) is 5.41 Å². The van der Waals surface area contributed by atoms with E-state index in [1.807, 2.05) is 31.2 Å². The maximum absolute atomic E-state index is 12.9. The molecule has 1 fully saturated rings. The number of hydrogen-bond acceptors (Lipinski definition) is 3. The van der Waals surface area contributed by atoms with Crippen LogP contribution in [0.5, 0.6) is 0 Å². The van der Waals surface area contributed by atoms with Gasteiger partial charge in [-0.25, -0.2) is 4.79 Å². The molecule has 1 aromatic carbocycles. The third-order valence-electron chi connectivity index (χ3n) is 4.66. The highest BCUT2D eigenvalue weighted by atomic mass is 16.4. The van der Waals surface area contributed by atoms with Crippen molar-refractivity contribution in [3.63, 3.8) is 0 Å². The van der Waals surface area contributed by atoms with Gasteiger partial charge in [-0.15, -0.1) is 0 Å².